The molecule has 1 aliphatic heterocycles. The number of carbonyl (C=O) groups is 1. The van der Waals surface area contributed by atoms with Crippen molar-refractivity contribution < 1.29 is 4.79 Å². The molecule has 4 nitrogen and oxygen atoms in total. The van der Waals surface area contributed by atoms with Crippen LogP contribution in [0.4, 0.5) is 5.69 Å². The van der Waals surface area contributed by atoms with E-state index in [-0.39, 0.29) is 11.9 Å². The fourth-order valence-electron chi connectivity index (χ4n) is 4.00. The highest BCUT2D eigenvalue weighted by Crippen LogP contribution is 2.44. The molecule has 1 aliphatic rings. The number of hydrogen-bond acceptors (Lipinski definition) is 2. The van der Waals surface area contributed by atoms with Gasteiger partial charge < -0.3 is 0 Å². The number of para-hydroxylation sites is 1. The summed E-state index contributed by atoms with van der Waals surface area (Å²) in [6.45, 7) is 4.13. The number of carbonyl (C=O) groups excluding carboxylic acids is 1. The lowest BCUT2D eigenvalue weighted by Gasteiger charge is -2.26. The molecule has 0 radical (unpaired) electrons. The first-order valence-electron chi connectivity index (χ1n) is 9.74. The van der Waals surface area contributed by atoms with E-state index in [9.17, 15) is 4.79 Å². The van der Waals surface area contributed by atoms with Crippen molar-refractivity contribution in [2.75, 3.05) is 4.90 Å². The van der Waals surface area contributed by atoms with Gasteiger partial charge in [0.25, 0.3) is 5.91 Å². The predicted molar refractivity (Wildman–Crippen MR) is 115 cm³/mol. The monoisotopic (exact) mass is 379 g/mol. The van der Waals surface area contributed by atoms with E-state index in [1.165, 1.54) is 11.1 Å². The summed E-state index contributed by atoms with van der Waals surface area (Å²) >= 11 is 0. The predicted octanol–water partition coefficient (Wildman–Crippen LogP) is 5.44. The number of aryl methyl sites for hydroxylation is 2. The molecule has 2 heterocycles. The minimum Gasteiger partial charge on any atom is -0.295 e. The first kappa shape index (κ1) is 17.4. The number of nitrogens with one attached hydrogen (secondary N) is 1. The molecule has 142 valence electrons. The Kier molecular flexibility index (Phi) is 4.06. The second kappa shape index (κ2) is 6.74. The Balaban J connectivity index is 1.72. The molecule has 0 bridgehead atoms. The van der Waals surface area contributed by atoms with Crippen molar-refractivity contribution in [2.45, 2.75) is 19.9 Å². The number of H-pyrrole nitrogens is 1. The van der Waals surface area contributed by atoms with E-state index < -0.39 is 0 Å². The van der Waals surface area contributed by atoms with Gasteiger partial charge in [0.2, 0.25) is 0 Å². The number of aromatic amines is 1. The number of anilines is 1. The van der Waals surface area contributed by atoms with Crippen LogP contribution in [-0.2, 0) is 0 Å². The van der Waals surface area contributed by atoms with E-state index in [1.807, 2.05) is 35.2 Å². The second-order valence-electron chi connectivity index (χ2n) is 7.55. The lowest BCUT2D eigenvalue weighted by atomic mass is 9.95. The third kappa shape index (κ3) is 2.85. The number of aromatic nitrogens is 2. The average Bonchev–Trinajstić information content (AvgIpc) is 3.29. The third-order valence-corrected chi connectivity index (χ3v) is 5.52. The Morgan fingerprint density at radius 1 is 0.828 bits per heavy atom. The van der Waals surface area contributed by atoms with Crippen molar-refractivity contribution in [3.05, 3.63) is 107 Å². The van der Waals surface area contributed by atoms with Gasteiger partial charge in [0.15, 0.2) is 0 Å². The van der Waals surface area contributed by atoms with Crippen LogP contribution in [-0.4, -0.2) is 16.1 Å². The Morgan fingerprint density at radius 3 is 2.10 bits per heavy atom. The zero-order valence-corrected chi connectivity index (χ0v) is 16.4. The number of amides is 1. The van der Waals surface area contributed by atoms with E-state index in [0.29, 0.717) is 5.69 Å². The number of fused-ring (bicyclic) bond motifs is 1. The van der Waals surface area contributed by atoms with E-state index in [1.54, 1.807) is 0 Å². The highest BCUT2D eigenvalue weighted by atomic mass is 16.2. The molecule has 1 aromatic heterocycles. The van der Waals surface area contributed by atoms with Crippen molar-refractivity contribution in [3.63, 3.8) is 0 Å². The van der Waals surface area contributed by atoms with Crippen LogP contribution in [0.15, 0.2) is 78.9 Å². The quantitative estimate of drug-likeness (QED) is 0.515. The van der Waals surface area contributed by atoms with Crippen LogP contribution in [0, 0.1) is 13.8 Å². The number of nitrogens with zero attached hydrogens (tertiary/aromatic N) is 2. The van der Waals surface area contributed by atoms with Crippen LogP contribution in [0.2, 0.25) is 0 Å². The number of benzene rings is 3. The van der Waals surface area contributed by atoms with E-state index in [4.69, 9.17) is 0 Å². The molecule has 0 saturated carbocycles. The molecular weight excluding hydrogens is 358 g/mol. The van der Waals surface area contributed by atoms with Gasteiger partial charge in [0.05, 0.1) is 11.7 Å². The molecule has 5 rings (SSSR count). The molecule has 4 heteroatoms. The molecule has 1 amide bonds. The van der Waals surface area contributed by atoms with Crippen molar-refractivity contribution >= 4 is 11.6 Å². The SMILES string of the molecule is Cc1ccc(-c2n[nH]c3c2C(c2ccc(C)cc2)N(c2ccccc2)C3=O)cc1. The van der Waals surface area contributed by atoms with Crippen LogP contribution in [0.1, 0.15) is 38.8 Å². The molecule has 0 fully saturated rings. The Labute approximate surface area is 169 Å². The van der Waals surface area contributed by atoms with Crippen molar-refractivity contribution in [3.8, 4) is 11.3 Å². The summed E-state index contributed by atoms with van der Waals surface area (Å²) in [5.41, 5.74) is 7.67. The van der Waals surface area contributed by atoms with Crippen molar-refractivity contribution in [1.29, 1.82) is 0 Å². The summed E-state index contributed by atoms with van der Waals surface area (Å²) in [6.07, 6.45) is 0. The standard InChI is InChI=1S/C25H21N3O/c1-16-8-12-18(13-9-16)22-21-23(27-26-22)25(29)28(20-6-4-3-5-7-20)24(21)19-14-10-17(2)11-15-19/h3-15,24H,1-2H3,(H,26,27). The first-order chi connectivity index (χ1) is 14.1. The van der Waals surface area contributed by atoms with Crippen LogP contribution in [0.3, 0.4) is 0 Å². The lowest BCUT2D eigenvalue weighted by molar-refractivity contribution is 0.0989. The molecular formula is C25H21N3O. The molecule has 1 N–H and O–H groups in total. The fraction of sp³-hybridized carbons (Fsp3) is 0.120. The summed E-state index contributed by atoms with van der Waals surface area (Å²) in [5, 5.41) is 7.56. The van der Waals surface area contributed by atoms with Crippen LogP contribution >= 0.6 is 0 Å². The van der Waals surface area contributed by atoms with Crippen LogP contribution < -0.4 is 4.90 Å². The van der Waals surface area contributed by atoms with Gasteiger partial charge in [-0.2, -0.15) is 5.10 Å². The summed E-state index contributed by atoms with van der Waals surface area (Å²) in [7, 11) is 0. The van der Waals surface area contributed by atoms with E-state index in [0.717, 1.165) is 28.1 Å². The summed E-state index contributed by atoms with van der Waals surface area (Å²) in [5.74, 6) is -0.0531. The van der Waals surface area contributed by atoms with Gasteiger partial charge in [-0.05, 0) is 31.5 Å². The highest BCUT2D eigenvalue weighted by molar-refractivity contribution is 6.11. The molecule has 1 unspecified atom stereocenters. The van der Waals surface area contributed by atoms with Gasteiger partial charge in [0, 0.05) is 16.8 Å². The zero-order valence-electron chi connectivity index (χ0n) is 16.4. The smallest absolute Gasteiger partial charge is 0.277 e. The number of hydrogen-bond donors (Lipinski definition) is 1. The second-order valence-corrected chi connectivity index (χ2v) is 7.55. The Bertz CT molecular complexity index is 1180. The first-order valence-corrected chi connectivity index (χ1v) is 9.74. The number of rotatable bonds is 3. The maximum atomic E-state index is 13.4. The summed E-state index contributed by atoms with van der Waals surface area (Å²) < 4.78 is 0. The maximum absolute atomic E-state index is 13.4. The van der Waals surface area contributed by atoms with Gasteiger partial charge in [-0.25, -0.2) is 0 Å². The van der Waals surface area contributed by atoms with Gasteiger partial charge >= 0.3 is 0 Å². The summed E-state index contributed by atoms with van der Waals surface area (Å²) in [4.78, 5) is 15.3. The molecule has 4 aromatic rings. The van der Waals surface area contributed by atoms with Gasteiger partial charge in [-0.3, -0.25) is 14.8 Å². The molecule has 1 atom stereocenters. The molecule has 0 saturated heterocycles. The third-order valence-electron chi connectivity index (χ3n) is 5.52. The van der Waals surface area contributed by atoms with Crippen LogP contribution in [0.25, 0.3) is 11.3 Å². The molecule has 29 heavy (non-hydrogen) atoms. The van der Waals surface area contributed by atoms with Crippen LogP contribution in [0.5, 0.6) is 0 Å². The molecule has 0 spiro atoms. The van der Waals surface area contributed by atoms with Gasteiger partial charge in [-0.1, -0.05) is 77.9 Å². The topological polar surface area (TPSA) is 49.0 Å². The van der Waals surface area contributed by atoms with E-state index in [2.05, 4.69) is 72.6 Å². The zero-order chi connectivity index (χ0) is 20.0. The Hall–Kier alpha value is -3.66. The molecule has 3 aromatic carbocycles. The largest absolute Gasteiger partial charge is 0.295 e. The lowest BCUT2D eigenvalue weighted by Crippen LogP contribution is -2.29. The fourth-order valence-corrected chi connectivity index (χ4v) is 4.00. The minimum atomic E-state index is -0.226. The van der Waals surface area contributed by atoms with Crippen molar-refractivity contribution in [2.24, 2.45) is 0 Å². The normalized spacial score (nSPS) is 15.6. The average molecular weight is 379 g/mol. The van der Waals surface area contributed by atoms with E-state index >= 15 is 0 Å². The maximum Gasteiger partial charge on any atom is 0.277 e. The highest BCUT2D eigenvalue weighted by Gasteiger charge is 2.42. The molecule has 0 aliphatic carbocycles. The Morgan fingerprint density at radius 2 is 1.45 bits per heavy atom. The summed E-state index contributed by atoms with van der Waals surface area (Å²) in [6, 6.07) is 26.3. The van der Waals surface area contributed by atoms with Gasteiger partial charge in [0.1, 0.15) is 5.69 Å². The van der Waals surface area contributed by atoms with Gasteiger partial charge in [-0.15, -0.1) is 0 Å². The minimum absolute atomic E-state index is 0.0531. The van der Waals surface area contributed by atoms with Crippen molar-refractivity contribution in [1.82, 2.24) is 10.2 Å².